The molecule has 9 heteroatoms. The van der Waals surface area contributed by atoms with Gasteiger partial charge >= 0.3 is 12.1 Å². The fourth-order valence-electron chi connectivity index (χ4n) is 2.20. The van der Waals surface area contributed by atoms with E-state index in [4.69, 9.17) is 9.47 Å². The average Bonchev–Trinajstić information content (AvgIpc) is 2.66. The minimum atomic E-state index is -4.47. The predicted octanol–water partition coefficient (Wildman–Crippen LogP) is 3.86. The summed E-state index contributed by atoms with van der Waals surface area (Å²) in [5.74, 6) is -1.28. The van der Waals surface area contributed by atoms with Crippen molar-refractivity contribution in [2.24, 2.45) is 0 Å². The Hall–Kier alpha value is -3.36. The van der Waals surface area contributed by atoms with Crippen molar-refractivity contribution in [1.29, 1.82) is 0 Å². The molecule has 0 unspecified atom stereocenters. The van der Waals surface area contributed by atoms with E-state index in [9.17, 15) is 27.6 Å². The zero-order valence-electron chi connectivity index (χ0n) is 15.6. The van der Waals surface area contributed by atoms with Crippen LogP contribution in [-0.4, -0.2) is 30.4 Å². The van der Waals surface area contributed by atoms with Gasteiger partial charge in [0, 0.05) is 11.3 Å². The number of benzene rings is 2. The van der Waals surface area contributed by atoms with Crippen LogP contribution >= 0.6 is 0 Å². The highest BCUT2D eigenvalue weighted by atomic mass is 19.4. The third kappa shape index (κ3) is 6.63. The Balaban J connectivity index is 1.82. The van der Waals surface area contributed by atoms with Gasteiger partial charge in [-0.05, 0) is 62.4 Å². The molecule has 1 atom stereocenters. The molecule has 1 N–H and O–H groups in total. The van der Waals surface area contributed by atoms with E-state index in [0.29, 0.717) is 11.3 Å². The number of carbonyl (C=O) groups excluding carboxylic acids is 3. The summed E-state index contributed by atoms with van der Waals surface area (Å²) in [6.07, 6.45) is -5.66. The molecular weight excluding hydrogens is 391 g/mol. The smallest absolute Gasteiger partial charge is 0.416 e. The predicted molar refractivity (Wildman–Crippen MR) is 97.6 cm³/mol. The number of nitrogens with one attached hydrogen (secondary N) is 1. The molecule has 0 radical (unpaired) electrons. The summed E-state index contributed by atoms with van der Waals surface area (Å²) < 4.78 is 47.8. The van der Waals surface area contributed by atoms with Gasteiger partial charge in [-0.3, -0.25) is 9.59 Å². The van der Waals surface area contributed by atoms with Crippen molar-refractivity contribution in [3.8, 4) is 5.75 Å². The van der Waals surface area contributed by atoms with Crippen LogP contribution in [0, 0.1) is 0 Å². The summed E-state index contributed by atoms with van der Waals surface area (Å²) in [5.41, 5.74) is -0.218. The zero-order chi connectivity index (χ0) is 21.6. The fourth-order valence-corrected chi connectivity index (χ4v) is 2.20. The SMILES string of the molecule is CC(=O)c1ccc(OCC(=O)O[C@H](C)C(=O)Nc2ccc(C(F)(F)F)cc2)cc1. The normalized spacial score (nSPS) is 12.0. The Labute approximate surface area is 164 Å². The van der Waals surface area contributed by atoms with Crippen molar-refractivity contribution in [3.63, 3.8) is 0 Å². The number of ketones is 1. The van der Waals surface area contributed by atoms with Gasteiger partial charge in [0.25, 0.3) is 5.91 Å². The topological polar surface area (TPSA) is 81.7 Å². The monoisotopic (exact) mass is 409 g/mol. The number of esters is 1. The highest BCUT2D eigenvalue weighted by molar-refractivity contribution is 5.95. The fraction of sp³-hybridized carbons (Fsp3) is 0.250. The number of Topliss-reactive ketones (excluding diaryl/α,β-unsaturated/α-hetero) is 1. The van der Waals surface area contributed by atoms with Crippen LogP contribution in [0.1, 0.15) is 29.8 Å². The van der Waals surface area contributed by atoms with Crippen LogP contribution in [0.15, 0.2) is 48.5 Å². The van der Waals surface area contributed by atoms with Gasteiger partial charge in [-0.15, -0.1) is 0 Å². The standard InChI is InChI=1S/C20H18F3NO5/c1-12(25)14-3-9-17(10-4-14)28-11-18(26)29-13(2)19(27)24-16-7-5-15(6-8-16)20(21,22)23/h3-10,13H,11H2,1-2H3,(H,24,27)/t13-/m1/s1. The molecule has 0 fully saturated rings. The molecule has 0 aliphatic heterocycles. The van der Waals surface area contributed by atoms with Crippen LogP contribution in [0.3, 0.4) is 0 Å². The van der Waals surface area contributed by atoms with Gasteiger partial charge in [-0.25, -0.2) is 4.79 Å². The van der Waals surface area contributed by atoms with E-state index >= 15 is 0 Å². The van der Waals surface area contributed by atoms with E-state index in [2.05, 4.69) is 5.32 Å². The Morgan fingerprint density at radius 1 is 1.00 bits per heavy atom. The lowest BCUT2D eigenvalue weighted by molar-refractivity contribution is -0.155. The van der Waals surface area contributed by atoms with Gasteiger partial charge in [0.05, 0.1) is 5.56 Å². The Morgan fingerprint density at radius 2 is 1.59 bits per heavy atom. The van der Waals surface area contributed by atoms with E-state index in [1.165, 1.54) is 26.0 Å². The van der Waals surface area contributed by atoms with Gasteiger partial charge in [0.1, 0.15) is 5.75 Å². The van der Waals surface area contributed by atoms with E-state index in [-0.39, 0.29) is 11.5 Å². The molecule has 29 heavy (non-hydrogen) atoms. The van der Waals surface area contributed by atoms with Crippen LogP contribution in [0.2, 0.25) is 0 Å². The highest BCUT2D eigenvalue weighted by Gasteiger charge is 2.30. The molecule has 0 aliphatic rings. The molecule has 6 nitrogen and oxygen atoms in total. The Kier molecular flexibility index (Phi) is 6.98. The second-order valence-electron chi connectivity index (χ2n) is 6.07. The van der Waals surface area contributed by atoms with Crippen molar-refractivity contribution in [2.45, 2.75) is 26.1 Å². The van der Waals surface area contributed by atoms with Crippen molar-refractivity contribution < 1.29 is 37.0 Å². The number of amides is 1. The van der Waals surface area contributed by atoms with Crippen LogP contribution in [0.25, 0.3) is 0 Å². The third-order valence-corrected chi connectivity index (χ3v) is 3.77. The van der Waals surface area contributed by atoms with E-state index in [1.54, 1.807) is 12.1 Å². The van der Waals surface area contributed by atoms with Crippen molar-refractivity contribution in [2.75, 3.05) is 11.9 Å². The largest absolute Gasteiger partial charge is 0.482 e. The van der Waals surface area contributed by atoms with Crippen LogP contribution < -0.4 is 10.1 Å². The molecule has 0 bridgehead atoms. The first-order chi connectivity index (χ1) is 13.6. The van der Waals surface area contributed by atoms with E-state index in [1.807, 2.05) is 0 Å². The molecule has 0 saturated heterocycles. The number of halogens is 3. The number of anilines is 1. The lowest BCUT2D eigenvalue weighted by Gasteiger charge is -2.14. The third-order valence-electron chi connectivity index (χ3n) is 3.77. The first-order valence-corrected chi connectivity index (χ1v) is 8.47. The molecule has 2 aromatic carbocycles. The molecule has 2 rings (SSSR count). The van der Waals surface area contributed by atoms with E-state index in [0.717, 1.165) is 24.3 Å². The number of carbonyl (C=O) groups is 3. The minimum absolute atomic E-state index is 0.108. The molecule has 0 aliphatic carbocycles. The first-order valence-electron chi connectivity index (χ1n) is 8.47. The molecular formula is C20H18F3NO5. The molecule has 1 amide bonds. The number of ether oxygens (including phenoxy) is 2. The summed E-state index contributed by atoms with van der Waals surface area (Å²) in [6.45, 7) is 2.28. The lowest BCUT2D eigenvalue weighted by atomic mass is 10.1. The maximum absolute atomic E-state index is 12.5. The molecule has 0 saturated carbocycles. The van der Waals surface area contributed by atoms with Crippen LogP contribution in [-0.2, 0) is 20.5 Å². The minimum Gasteiger partial charge on any atom is -0.482 e. The van der Waals surface area contributed by atoms with E-state index < -0.39 is 36.3 Å². The second kappa shape index (κ2) is 9.22. The summed E-state index contributed by atoms with van der Waals surface area (Å²) in [6, 6.07) is 9.99. The summed E-state index contributed by atoms with van der Waals surface area (Å²) in [5, 5.41) is 2.36. The Bertz CT molecular complexity index is 876. The van der Waals surface area contributed by atoms with Gasteiger partial charge in [-0.2, -0.15) is 13.2 Å². The zero-order valence-corrected chi connectivity index (χ0v) is 15.6. The molecule has 0 aromatic heterocycles. The summed E-state index contributed by atoms with van der Waals surface area (Å²) >= 11 is 0. The van der Waals surface area contributed by atoms with Crippen LogP contribution in [0.4, 0.5) is 18.9 Å². The number of rotatable bonds is 7. The Morgan fingerprint density at radius 3 is 2.10 bits per heavy atom. The molecule has 0 heterocycles. The number of alkyl halides is 3. The van der Waals surface area contributed by atoms with Gasteiger partial charge in [0.2, 0.25) is 0 Å². The average molecular weight is 409 g/mol. The first kappa shape index (κ1) is 21.9. The second-order valence-corrected chi connectivity index (χ2v) is 6.07. The number of hydrogen-bond donors (Lipinski definition) is 1. The summed E-state index contributed by atoms with van der Waals surface area (Å²) in [4.78, 5) is 35.0. The number of hydrogen-bond acceptors (Lipinski definition) is 5. The lowest BCUT2D eigenvalue weighted by Crippen LogP contribution is -2.31. The maximum Gasteiger partial charge on any atom is 0.416 e. The summed E-state index contributed by atoms with van der Waals surface area (Å²) in [7, 11) is 0. The van der Waals surface area contributed by atoms with Crippen LogP contribution in [0.5, 0.6) is 5.75 Å². The highest BCUT2D eigenvalue weighted by Crippen LogP contribution is 2.29. The van der Waals surface area contributed by atoms with Crippen molar-refractivity contribution in [1.82, 2.24) is 0 Å². The molecule has 0 spiro atoms. The van der Waals surface area contributed by atoms with Gasteiger partial charge in [-0.1, -0.05) is 0 Å². The maximum atomic E-state index is 12.5. The quantitative estimate of drug-likeness (QED) is 0.555. The van der Waals surface area contributed by atoms with Gasteiger partial charge in [0.15, 0.2) is 18.5 Å². The molecule has 2 aromatic rings. The molecule has 154 valence electrons. The van der Waals surface area contributed by atoms with Gasteiger partial charge < -0.3 is 14.8 Å². The van der Waals surface area contributed by atoms with Crippen molar-refractivity contribution >= 4 is 23.3 Å². The van der Waals surface area contributed by atoms with Crippen molar-refractivity contribution in [3.05, 3.63) is 59.7 Å².